The molecule has 0 aromatic heterocycles. The lowest BCUT2D eigenvalue weighted by Gasteiger charge is -2.35. The number of hydrogen-bond acceptors (Lipinski definition) is 3. The number of piperazine rings is 1. The van der Waals surface area contributed by atoms with Crippen LogP contribution in [0.25, 0.3) is 0 Å². The number of carbonyl (C=O) groups excluding carboxylic acids is 2. The minimum absolute atomic E-state index is 0.118. The molecule has 1 aromatic rings. The molecule has 0 atom stereocenters. The third kappa shape index (κ3) is 4.21. The first kappa shape index (κ1) is 17.2. The maximum absolute atomic E-state index is 13.7. The number of rotatable bonds is 5. The standard InChI is InChI=1S/C17H23FN2O3/c1-3-4-5-16(21)19-8-10-20(11-9-19)17(22)13-6-7-15(23-2)14(18)12-13/h6-7,12H,3-5,8-11H2,1-2H3. The van der Waals surface area contributed by atoms with E-state index in [1.165, 1.54) is 19.2 Å². The predicted molar refractivity (Wildman–Crippen MR) is 85.0 cm³/mol. The topological polar surface area (TPSA) is 49.9 Å². The summed E-state index contributed by atoms with van der Waals surface area (Å²) in [6, 6.07) is 4.20. The summed E-state index contributed by atoms with van der Waals surface area (Å²) in [5.41, 5.74) is 0.300. The van der Waals surface area contributed by atoms with Crippen LogP contribution in [0.1, 0.15) is 36.5 Å². The van der Waals surface area contributed by atoms with Crippen molar-refractivity contribution in [2.75, 3.05) is 33.3 Å². The van der Waals surface area contributed by atoms with E-state index in [2.05, 4.69) is 6.92 Å². The molecule has 6 heteroatoms. The third-order valence-electron chi connectivity index (χ3n) is 4.06. The van der Waals surface area contributed by atoms with Gasteiger partial charge >= 0.3 is 0 Å². The number of nitrogens with zero attached hydrogens (tertiary/aromatic N) is 2. The van der Waals surface area contributed by atoms with E-state index in [0.29, 0.717) is 38.2 Å². The van der Waals surface area contributed by atoms with E-state index in [0.717, 1.165) is 12.8 Å². The second-order valence-corrected chi connectivity index (χ2v) is 5.63. The molecule has 0 aliphatic carbocycles. The fraction of sp³-hybridized carbons (Fsp3) is 0.529. The second-order valence-electron chi connectivity index (χ2n) is 5.63. The first-order chi connectivity index (χ1) is 11.1. The molecule has 5 nitrogen and oxygen atoms in total. The van der Waals surface area contributed by atoms with Gasteiger partial charge in [-0.25, -0.2) is 4.39 Å². The lowest BCUT2D eigenvalue weighted by molar-refractivity contribution is -0.132. The van der Waals surface area contributed by atoms with Gasteiger partial charge in [-0.05, 0) is 24.6 Å². The molecule has 0 unspecified atom stereocenters. The number of carbonyl (C=O) groups is 2. The molecule has 1 aliphatic heterocycles. The smallest absolute Gasteiger partial charge is 0.254 e. The van der Waals surface area contributed by atoms with E-state index < -0.39 is 5.82 Å². The zero-order valence-corrected chi connectivity index (χ0v) is 13.7. The molecule has 1 aromatic carbocycles. The molecule has 1 fully saturated rings. The molecule has 2 rings (SSSR count). The minimum Gasteiger partial charge on any atom is -0.494 e. The number of halogens is 1. The molecule has 0 spiro atoms. The minimum atomic E-state index is -0.549. The first-order valence-electron chi connectivity index (χ1n) is 7.97. The zero-order valence-electron chi connectivity index (χ0n) is 13.7. The van der Waals surface area contributed by atoms with Crippen LogP contribution in [-0.4, -0.2) is 54.9 Å². The van der Waals surface area contributed by atoms with Crippen molar-refractivity contribution in [1.82, 2.24) is 9.80 Å². The van der Waals surface area contributed by atoms with Crippen molar-refractivity contribution in [2.45, 2.75) is 26.2 Å². The van der Waals surface area contributed by atoms with Crippen LogP contribution in [0.4, 0.5) is 4.39 Å². The molecule has 0 N–H and O–H groups in total. The average molecular weight is 322 g/mol. The van der Waals surface area contributed by atoms with E-state index in [9.17, 15) is 14.0 Å². The van der Waals surface area contributed by atoms with Gasteiger partial charge in [0.05, 0.1) is 7.11 Å². The van der Waals surface area contributed by atoms with Gasteiger partial charge in [0.1, 0.15) is 0 Å². The van der Waals surface area contributed by atoms with E-state index in [1.807, 2.05) is 0 Å². The zero-order chi connectivity index (χ0) is 16.8. The van der Waals surface area contributed by atoms with E-state index in [4.69, 9.17) is 4.74 Å². The highest BCUT2D eigenvalue weighted by Gasteiger charge is 2.25. The van der Waals surface area contributed by atoms with Crippen LogP contribution in [0.3, 0.4) is 0 Å². The second kappa shape index (κ2) is 7.94. The molecule has 1 aliphatic rings. The quantitative estimate of drug-likeness (QED) is 0.836. The van der Waals surface area contributed by atoms with Gasteiger partial charge in [-0.3, -0.25) is 9.59 Å². The fourth-order valence-electron chi connectivity index (χ4n) is 2.63. The Hall–Kier alpha value is -2.11. The Labute approximate surface area is 136 Å². The molecule has 23 heavy (non-hydrogen) atoms. The molecule has 126 valence electrons. The normalized spacial score (nSPS) is 14.7. The van der Waals surface area contributed by atoms with E-state index in [1.54, 1.807) is 15.9 Å². The Kier molecular flexibility index (Phi) is 5.96. The summed E-state index contributed by atoms with van der Waals surface area (Å²) in [6.07, 6.45) is 2.45. The van der Waals surface area contributed by atoms with E-state index >= 15 is 0 Å². The Morgan fingerprint density at radius 2 is 1.83 bits per heavy atom. The Bertz CT molecular complexity index is 569. The summed E-state index contributed by atoms with van der Waals surface area (Å²) >= 11 is 0. The summed E-state index contributed by atoms with van der Waals surface area (Å²) in [6.45, 7) is 4.08. The number of hydrogen-bond donors (Lipinski definition) is 0. The molecule has 1 saturated heterocycles. The maximum Gasteiger partial charge on any atom is 0.254 e. The van der Waals surface area contributed by atoms with Crippen LogP contribution < -0.4 is 4.74 Å². The van der Waals surface area contributed by atoms with Crippen LogP contribution in [-0.2, 0) is 4.79 Å². The van der Waals surface area contributed by atoms with Gasteiger partial charge in [-0.15, -0.1) is 0 Å². The van der Waals surface area contributed by atoms with Crippen molar-refractivity contribution in [3.05, 3.63) is 29.6 Å². The SMILES string of the molecule is CCCCC(=O)N1CCN(C(=O)c2ccc(OC)c(F)c2)CC1. The lowest BCUT2D eigenvalue weighted by Crippen LogP contribution is -2.50. The van der Waals surface area contributed by atoms with Crippen LogP contribution in [0.2, 0.25) is 0 Å². The monoisotopic (exact) mass is 322 g/mol. The Morgan fingerprint density at radius 3 is 2.39 bits per heavy atom. The number of amides is 2. The summed E-state index contributed by atoms with van der Waals surface area (Å²) in [4.78, 5) is 27.9. The lowest BCUT2D eigenvalue weighted by atomic mass is 10.1. The Morgan fingerprint density at radius 1 is 1.17 bits per heavy atom. The number of benzene rings is 1. The number of ether oxygens (including phenoxy) is 1. The van der Waals surface area contributed by atoms with Crippen molar-refractivity contribution >= 4 is 11.8 Å². The van der Waals surface area contributed by atoms with Gasteiger partial charge in [0, 0.05) is 38.2 Å². The van der Waals surface area contributed by atoms with Crippen LogP contribution in [0.15, 0.2) is 18.2 Å². The largest absolute Gasteiger partial charge is 0.494 e. The number of unbranched alkanes of at least 4 members (excludes halogenated alkanes) is 1. The van der Waals surface area contributed by atoms with Crippen molar-refractivity contribution in [3.8, 4) is 5.75 Å². The molecular weight excluding hydrogens is 299 g/mol. The third-order valence-corrected chi connectivity index (χ3v) is 4.06. The van der Waals surface area contributed by atoms with Gasteiger partial charge in [0.2, 0.25) is 5.91 Å². The van der Waals surface area contributed by atoms with Gasteiger partial charge < -0.3 is 14.5 Å². The fourth-order valence-corrected chi connectivity index (χ4v) is 2.63. The van der Waals surface area contributed by atoms with Crippen LogP contribution >= 0.6 is 0 Å². The number of methoxy groups -OCH3 is 1. The van der Waals surface area contributed by atoms with Crippen molar-refractivity contribution in [1.29, 1.82) is 0 Å². The highest BCUT2D eigenvalue weighted by atomic mass is 19.1. The van der Waals surface area contributed by atoms with E-state index in [-0.39, 0.29) is 17.6 Å². The van der Waals surface area contributed by atoms with Crippen molar-refractivity contribution in [2.24, 2.45) is 0 Å². The predicted octanol–water partition coefficient (Wildman–Crippen LogP) is 2.31. The molecule has 0 radical (unpaired) electrons. The van der Waals surface area contributed by atoms with Crippen LogP contribution in [0, 0.1) is 5.82 Å². The molecule has 1 heterocycles. The average Bonchev–Trinajstić information content (AvgIpc) is 2.59. The molecule has 2 amide bonds. The molecule has 0 saturated carbocycles. The van der Waals surface area contributed by atoms with Gasteiger partial charge in [0.15, 0.2) is 11.6 Å². The maximum atomic E-state index is 13.7. The van der Waals surface area contributed by atoms with Crippen molar-refractivity contribution < 1.29 is 18.7 Å². The summed E-state index contributed by atoms with van der Waals surface area (Å²) in [5.74, 6) is -0.499. The van der Waals surface area contributed by atoms with Crippen LogP contribution in [0.5, 0.6) is 5.75 Å². The van der Waals surface area contributed by atoms with Gasteiger partial charge in [-0.2, -0.15) is 0 Å². The van der Waals surface area contributed by atoms with Crippen molar-refractivity contribution in [3.63, 3.8) is 0 Å². The first-order valence-corrected chi connectivity index (χ1v) is 7.97. The summed E-state index contributed by atoms with van der Waals surface area (Å²) in [7, 11) is 1.38. The molecule has 0 bridgehead atoms. The molecular formula is C17H23FN2O3. The summed E-state index contributed by atoms with van der Waals surface area (Å²) in [5, 5.41) is 0. The Balaban J connectivity index is 1.93. The highest BCUT2D eigenvalue weighted by Crippen LogP contribution is 2.19. The summed E-state index contributed by atoms with van der Waals surface area (Å²) < 4.78 is 18.6. The van der Waals surface area contributed by atoms with Gasteiger partial charge in [-0.1, -0.05) is 13.3 Å². The van der Waals surface area contributed by atoms with Gasteiger partial charge in [0.25, 0.3) is 5.91 Å². The highest BCUT2D eigenvalue weighted by molar-refractivity contribution is 5.94.